The van der Waals surface area contributed by atoms with Gasteiger partial charge < -0.3 is 36.4 Å². The highest BCUT2D eigenvalue weighted by Crippen LogP contribution is 2.29. The molecular formula is C17H27ClN4O6. The Morgan fingerprint density at radius 3 is 2.71 bits per heavy atom. The second kappa shape index (κ2) is 10.9. The number of methoxy groups -OCH3 is 2. The van der Waals surface area contributed by atoms with Gasteiger partial charge in [-0.3, -0.25) is 9.69 Å². The van der Waals surface area contributed by atoms with Gasteiger partial charge in [-0.1, -0.05) is 11.6 Å². The van der Waals surface area contributed by atoms with Crippen molar-refractivity contribution in [3.8, 4) is 5.75 Å². The minimum atomic E-state index is -1.04. The van der Waals surface area contributed by atoms with Crippen molar-refractivity contribution in [2.75, 3.05) is 46.1 Å². The third-order valence-electron chi connectivity index (χ3n) is 4.53. The van der Waals surface area contributed by atoms with Gasteiger partial charge in [0, 0.05) is 39.4 Å². The van der Waals surface area contributed by atoms with Crippen LogP contribution in [0.1, 0.15) is 16.8 Å². The van der Waals surface area contributed by atoms with Crippen LogP contribution in [-0.4, -0.2) is 80.0 Å². The first kappa shape index (κ1) is 23.8. The number of carbonyl (C=O) groups excluding carboxylic acids is 1. The van der Waals surface area contributed by atoms with Crippen molar-refractivity contribution in [1.29, 1.82) is 0 Å². The summed E-state index contributed by atoms with van der Waals surface area (Å²) in [6, 6.07) is 2.81. The molecule has 2 unspecified atom stereocenters. The lowest BCUT2D eigenvalue weighted by Gasteiger charge is -2.38. The molecule has 0 saturated carbocycles. The van der Waals surface area contributed by atoms with E-state index in [1.807, 2.05) is 0 Å². The fourth-order valence-corrected chi connectivity index (χ4v) is 3.23. The number of anilines is 1. The number of carboxylic acid groups (broad SMARTS) is 1. The molecule has 10 nitrogen and oxygen atoms in total. The SMILES string of the molecule is COc1cc(N)c(Cl)cc1C(=O)NC1CCN(CCNC(=O)O)CC1OC.O. The van der Waals surface area contributed by atoms with Gasteiger partial charge in [0.2, 0.25) is 0 Å². The average Bonchev–Trinajstić information content (AvgIpc) is 2.64. The number of rotatable bonds is 7. The zero-order valence-corrected chi connectivity index (χ0v) is 16.6. The molecular weight excluding hydrogens is 392 g/mol. The number of nitrogens with one attached hydrogen (secondary N) is 2. The van der Waals surface area contributed by atoms with Crippen LogP contribution in [0.5, 0.6) is 5.75 Å². The van der Waals surface area contributed by atoms with Gasteiger partial charge in [0.25, 0.3) is 5.91 Å². The number of nitrogen functional groups attached to an aromatic ring is 1. The van der Waals surface area contributed by atoms with Crippen LogP contribution in [0.2, 0.25) is 5.02 Å². The van der Waals surface area contributed by atoms with Crippen molar-refractivity contribution in [2.45, 2.75) is 18.6 Å². The van der Waals surface area contributed by atoms with E-state index in [0.29, 0.717) is 49.6 Å². The number of likely N-dealkylation sites (tertiary alicyclic amines) is 1. The van der Waals surface area contributed by atoms with E-state index in [2.05, 4.69) is 15.5 Å². The van der Waals surface area contributed by atoms with E-state index in [9.17, 15) is 9.59 Å². The number of ether oxygens (including phenoxy) is 2. The number of hydrogen-bond donors (Lipinski definition) is 4. The van der Waals surface area contributed by atoms with Crippen LogP contribution in [0.3, 0.4) is 0 Å². The maximum Gasteiger partial charge on any atom is 0.404 e. The van der Waals surface area contributed by atoms with Gasteiger partial charge in [0.05, 0.1) is 35.5 Å². The summed E-state index contributed by atoms with van der Waals surface area (Å²) in [4.78, 5) is 25.3. The lowest BCUT2D eigenvalue weighted by Crippen LogP contribution is -2.55. The molecule has 28 heavy (non-hydrogen) atoms. The number of amides is 2. The standard InChI is InChI=1S/C17H25ClN4O5.H2O/c1-26-14-8-12(19)11(18)7-10(14)16(23)21-13-3-5-22(9-15(13)27-2)6-4-20-17(24)25;/h7-8,13,15,20H,3-6,9,19H2,1-2H3,(H,21,23)(H,24,25);1H2. The molecule has 1 saturated heterocycles. The van der Waals surface area contributed by atoms with E-state index < -0.39 is 6.09 Å². The Balaban J connectivity index is 0.00000392. The van der Waals surface area contributed by atoms with E-state index in [0.717, 1.165) is 0 Å². The largest absolute Gasteiger partial charge is 0.496 e. The van der Waals surface area contributed by atoms with E-state index in [1.54, 1.807) is 7.11 Å². The Bertz CT molecular complexity index is 690. The van der Waals surface area contributed by atoms with Crippen LogP contribution in [0.15, 0.2) is 12.1 Å². The molecule has 1 aromatic rings. The molecule has 0 bridgehead atoms. The van der Waals surface area contributed by atoms with Gasteiger partial charge in [-0.05, 0) is 12.5 Å². The molecule has 1 aliphatic heterocycles. The van der Waals surface area contributed by atoms with Gasteiger partial charge >= 0.3 is 6.09 Å². The molecule has 7 N–H and O–H groups in total. The summed E-state index contributed by atoms with van der Waals surface area (Å²) in [5, 5.41) is 14.2. The minimum absolute atomic E-state index is 0. The maximum absolute atomic E-state index is 12.7. The summed E-state index contributed by atoms with van der Waals surface area (Å²) >= 11 is 6.04. The summed E-state index contributed by atoms with van der Waals surface area (Å²) in [7, 11) is 3.05. The molecule has 1 fully saturated rings. The highest BCUT2D eigenvalue weighted by Gasteiger charge is 2.31. The number of halogens is 1. The zero-order chi connectivity index (χ0) is 20.0. The van der Waals surface area contributed by atoms with Crippen LogP contribution in [0, 0.1) is 0 Å². The van der Waals surface area contributed by atoms with Gasteiger partial charge in [-0.15, -0.1) is 0 Å². The third kappa shape index (κ3) is 6.13. The molecule has 1 heterocycles. The van der Waals surface area contributed by atoms with Crippen molar-refractivity contribution in [3.63, 3.8) is 0 Å². The fourth-order valence-electron chi connectivity index (χ4n) is 3.07. The second-order valence-electron chi connectivity index (χ2n) is 6.25. The van der Waals surface area contributed by atoms with Crippen molar-refractivity contribution >= 4 is 29.3 Å². The number of nitrogens with zero attached hydrogens (tertiary/aromatic N) is 1. The van der Waals surface area contributed by atoms with Gasteiger partial charge in [0.1, 0.15) is 5.75 Å². The molecule has 1 aliphatic rings. The predicted molar refractivity (Wildman–Crippen MR) is 105 cm³/mol. The Morgan fingerprint density at radius 2 is 2.11 bits per heavy atom. The Hall–Kier alpha value is -2.27. The zero-order valence-electron chi connectivity index (χ0n) is 15.8. The number of benzene rings is 1. The summed E-state index contributed by atoms with van der Waals surface area (Å²) in [5.41, 5.74) is 6.40. The number of hydrogen-bond acceptors (Lipinski definition) is 6. The number of nitrogens with two attached hydrogens (primary N) is 1. The summed E-state index contributed by atoms with van der Waals surface area (Å²) in [5.74, 6) is 0.0299. The highest BCUT2D eigenvalue weighted by atomic mass is 35.5. The molecule has 0 radical (unpaired) electrons. The summed E-state index contributed by atoms with van der Waals surface area (Å²) in [6.07, 6.45) is -0.596. The molecule has 2 rings (SSSR count). The van der Waals surface area contributed by atoms with Crippen molar-refractivity contribution in [2.24, 2.45) is 0 Å². The first-order chi connectivity index (χ1) is 12.8. The normalized spacial score (nSPS) is 19.4. The molecule has 0 aliphatic carbocycles. The molecule has 1 aromatic carbocycles. The molecule has 0 spiro atoms. The topological polar surface area (TPSA) is 158 Å². The Labute approximate surface area is 168 Å². The van der Waals surface area contributed by atoms with E-state index in [-0.39, 0.29) is 28.6 Å². The Kier molecular flexibility index (Phi) is 9.26. The van der Waals surface area contributed by atoms with Crippen molar-refractivity contribution in [1.82, 2.24) is 15.5 Å². The van der Waals surface area contributed by atoms with Gasteiger partial charge in [0.15, 0.2) is 0 Å². The van der Waals surface area contributed by atoms with Crippen LogP contribution < -0.4 is 21.1 Å². The van der Waals surface area contributed by atoms with Crippen molar-refractivity contribution < 1.29 is 29.6 Å². The van der Waals surface area contributed by atoms with Gasteiger partial charge in [-0.25, -0.2) is 4.79 Å². The van der Waals surface area contributed by atoms with E-state index in [1.165, 1.54) is 19.2 Å². The van der Waals surface area contributed by atoms with Crippen LogP contribution in [0.25, 0.3) is 0 Å². The first-order valence-corrected chi connectivity index (χ1v) is 8.89. The highest BCUT2D eigenvalue weighted by molar-refractivity contribution is 6.33. The van der Waals surface area contributed by atoms with Crippen LogP contribution in [0.4, 0.5) is 10.5 Å². The summed E-state index contributed by atoms with van der Waals surface area (Å²) in [6.45, 7) is 2.21. The lowest BCUT2D eigenvalue weighted by molar-refractivity contribution is 0.00685. The van der Waals surface area contributed by atoms with Crippen LogP contribution >= 0.6 is 11.6 Å². The fraction of sp³-hybridized carbons (Fsp3) is 0.529. The average molecular weight is 419 g/mol. The monoisotopic (exact) mass is 418 g/mol. The third-order valence-corrected chi connectivity index (χ3v) is 4.86. The van der Waals surface area contributed by atoms with Crippen LogP contribution in [-0.2, 0) is 4.74 Å². The number of carbonyl (C=O) groups is 2. The maximum atomic E-state index is 12.7. The molecule has 158 valence electrons. The quantitative estimate of drug-likeness (QED) is 0.460. The summed E-state index contributed by atoms with van der Waals surface area (Å²) < 4.78 is 10.8. The van der Waals surface area contributed by atoms with E-state index in [4.69, 9.17) is 31.9 Å². The van der Waals surface area contributed by atoms with E-state index >= 15 is 0 Å². The van der Waals surface area contributed by atoms with Gasteiger partial charge in [-0.2, -0.15) is 0 Å². The van der Waals surface area contributed by atoms with Crippen molar-refractivity contribution in [3.05, 3.63) is 22.7 Å². The predicted octanol–water partition coefficient (Wildman–Crippen LogP) is 0.193. The molecule has 2 amide bonds. The first-order valence-electron chi connectivity index (χ1n) is 8.51. The second-order valence-corrected chi connectivity index (χ2v) is 6.66. The smallest absolute Gasteiger partial charge is 0.404 e. The molecule has 2 atom stereocenters. The minimum Gasteiger partial charge on any atom is -0.496 e. The molecule has 0 aromatic heterocycles. The lowest BCUT2D eigenvalue weighted by atomic mass is 10.0. The molecule has 11 heteroatoms. The Morgan fingerprint density at radius 1 is 1.39 bits per heavy atom. The number of piperidine rings is 1.